The lowest BCUT2D eigenvalue weighted by atomic mass is 9.88. The molecule has 2 aliphatic rings. The van der Waals surface area contributed by atoms with Crippen LogP contribution in [0.1, 0.15) is 31.2 Å². The van der Waals surface area contributed by atoms with Crippen LogP contribution in [-0.2, 0) is 10.5 Å². The molecule has 1 saturated carbocycles. The van der Waals surface area contributed by atoms with Crippen LogP contribution in [0.15, 0.2) is 54.6 Å². The van der Waals surface area contributed by atoms with E-state index in [2.05, 4.69) is 36.2 Å². The lowest BCUT2D eigenvalue weighted by Crippen LogP contribution is -2.58. The molecule has 1 N–H and O–H groups in total. The summed E-state index contributed by atoms with van der Waals surface area (Å²) in [4.78, 5) is 2.28. The third kappa shape index (κ3) is 3.61. The summed E-state index contributed by atoms with van der Waals surface area (Å²) in [5.74, 6) is -1.21. The van der Waals surface area contributed by atoms with Crippen molar-refractivity contribution in [3.8, 4) is 11.1 Å². The normalized spacial score (nSPS) is 29.5. The maximum absolute atomic E-state index is 11.1. The summed E-state index contributed by atoms with van der Waals surface area (Å²) >= 11 is 0. The van der Waals surface area contributed by atoms with Gasteiger partial charge in [0.05, 0.1) is 12.6 Å². The van der Waals surface area contributed by atoms with Crippen molar-refractivity contribution in [2.45, 2.75) is 43.6 Å². The molecule has 4 heteroatoms. The van der Waals surface area contributed by atoms with Crippen LogP contribution in [0, 0.1) is 0 Å². The first kappa shape index (κ1) is 18.4. The van der Waals surface area contributed by atoms with Gasteiger partial charge in [0.1, 0.15) is 0 Å². The molecule has 0 radical (unpaired) electrons. The van der Waals surface area contributed by atoms with Gasteiger partial charge in [-0.15, -0.1) is 12.4 Å². The number of likely N-dealkylation sites (N-methyl/N-ethyl adjacent to an activating group) is 1. The number of morpholine rings is 1. The standard InChI is InChI=1S/C21H25NO2.ClH/c1-22-15-21(23,24-20-10-6-5-9-19(20)22)18-13-11-17(12-14-18)16-7-3-2-4-8-16;/h2-4,7-8,11-14,19-20,23H,5-6,9-10,15H2,1H3;1H. The molecule has 1 saturated heterocycles. The zero-order valence-electron chi connectivity index (χ0n) is 14.6. The predicted octanol–water partition coefficient (Wildman–Crippen LogP) is 4.19. The number of aliphatic hydroxyl groups is 1. The summed E-state index contributed by atoms with van der Waals surface area (Å²) in [6, 6.07) is 18.9. The minimum Gasteiger partial charge on any atom is -0.361 e. The second-order valence-electron chi connectivity index (χ2n) is 7.15. The van der Waals surface area contributed by atoms with Crippen molar-refractivity contribution < 1.29 is 9.84 Å². The fourth-order valence-electron chi connectivity index (χ4n) is 4.18. The molecule has 3 nitrogen and oxygen atoms in total. The summed E-state index contributed by atoms with van der Waals surface area (Å²) < 4.78 is 6.19. The van der Waals surface area contributed by atoms with Gasteiger partial charge < -0.3 is 9.84 Å². The maximum Gasteiger partial charge on any atom is 0.205 e. The van der Waals surface area contributed by atoms with Crippen LogP contribution in [0.4, 0.5) is 0 Å². The summed E-state index contributed by atoms with van der Waals surface area (Å²) in [6.45, 7) is 0.527. The Hall–Kier alpha value is -1.39. The van der Waals surface area contributed by atoms with Crippen molar-refractivity contribution >= 4 is 12.4 Å². The minimum absolute atomic E-state index is 0. The Kier molecular flexibility index (Phi) is 5.49. The third-order valence-electron chi connectivity index (χ3n) is 5.49. The average molecular weight is 360 g/mol. The highest BCUT2D eigenvalue weighted by atomic mass is 35.5. The Morgan fingerprint density at radius 2 is 1.60 bits per heavy atom. The number of fused-ring (bicyclic) bond motifs is 1. The van der Waals surface area contributed by atoms with Gasteiger partial charge in [0, 0.05) is 11.6 Å². The summed E-state index contributed by atoms with van der Waals surface area (Å²) in [5, 5.41) is 11.1. The highest BCUT2D eigenvalue weighted by Crippen LogP contribution is 2.38. The van der Waals surface area contributed by atoms with Crippen LogP contribution >= 0.6 is 12.4 Å². The Labute approximate surface area is 156 Å². The zero-order chi connectivity index (χ0) is 16.6. The molecule has 0 bridgehead atoms. The van der Waals surface area contributed by atoms with Crippen molar-refractivity contribution in [3.63, 3.8) is 0 Å². The number of hydrogen-bond acceptors (Lipinski definition) is 3. The van der Waals surface area contributed by atoms with Crippen LogP contribution < -0.4 is 0 Å². The Morgan fingerprint density at radius 3 is 2.32 bits per heavy atom. The maximum atomic E-state index is 11.1. The molecule has 2 aromatic carbocycles. The number of β-amino-alcohol motifs (C(OH)–C–C–N with tert-alkyl or cyclic N) is 1. The van der Waals surface area contributed by atoms with E-state index in [4.69, 9.17) is 4.74 Å². The topological polar surface area (TPSA) is 32.7 Å². The highest BCUT2D eigenvalue weighted by molar-refractivity contribution is 5.85. The van der Waals surface area contributed by atoms with Gasteiger partial charge >= 0.3 is 0 Å². The number of halogens is 1. The van der Waals surface area contributed by atoms with E-state index in [1.54, 1.807) is 0 Å². The number of hydrogen-bond donors (Lipinski definition) is 1. The first-order valence-electron chi connectivity index (χ1n) is 8.92. The van der Waals surface area contributed by atoms with Crippen molar-refractivity contribution in [1.82, 2.24) is 4.90 Å². The van der Waals surface area contributed by atoms with E-state index in [1.165, 1.54) is 24.8 Å². The first-order valence-corrected chi connectivity index (χ1v) is 8.92. The van der Waals surface area contributed by atoms with Crippen molar-refractivity contribution in [3.05, 3.63) is 60.2 Å². The van der Waals surface area contributed by atoms with Crippen LogP contribution in [0.3, 0.4) is 0 Å². The lowest BCUT2D eigenvalue weighted by molar-refractivity contribution is -0.293. The second kappa shape index (κ2) is 7.46. The van der Waals surface area contributed by atoms with Gasteiger partial charge in [-0.1, -0.05) is 67.4 Å². The van der Waals surface area contributed by atoms with Crippen LogP contribution in [0.5, 0.6) is 0 Å². The second-order valence-corrected chi connectivity index (χ2v) is 7.15. The summed E-state index contributed by atoms with van der Waals surface area (Å²) in [6.07, 6.45) is 4.80. The van der Waals surface area contributed by atoms with Crippen LogP contribution in [0.2, 0.25) is 0 Å². The van der Waals surface area contributed by atoms with E-state index in [9.17, 15) is 5.11 Å². The number of rotatable bonds is 2. The quantitative estimate of drug-likeness (QED) is 0.872. The summed E-state index contributed by atoms with van der Waals surface area (Å²) in [5.41, 5.74) is 3.19. The average Bonchev–Trinajstić information content (AvgIpc) is 2.62. The van der Waals surface area contributed by atoms with Gasteiger partial charge in [-0.2, -0.15) is 0 Å². The highest BCUT2D eigenvalue weighted by Gasteiger charge is 2.45. The molecule has 25 heavy (non-hydrogen) atoms. The van der Waals surface area contributed by atoms with Gasteiger partial charge in [-0.3, -0.25) is 4.90 Å². The Balaban J connectivity index is 0.00000182. The largest absolute Gasteiger partial charge is 0.361 e. The summed E-state index contributed by atoms with van der Waals surface area (Å²) in [7, 11) is 2.11. The zero-order valence-corrected chi connectivity index (χ0v) is 15.4. The van der Waals surface area contributed by atoms with Crippen LogP contribution in [0.25, 0.3) is 11.1 Å². The number of benzene rings is 2. The lowest BCUT2D eigenvalue weighted by Gasteiger charge is -2.49. The van der Waals surface area contributed by atoms with Gasteiger partial charge in [-0.25, -0.2) is 0 Å². The fraction of sp³-hybridized carbons (Fsp3) is 0.429. The van der Waals surface area contributed by atoms with Crippen molar-refractivity contribution in [1.29, 1.82) is 0 Å². The third-order valence-corrected chi connectivity index (χ3v) is 5.49. The number of nitrogens with zero attached hydrogens (tertiary/aromatic N) is 1. The smallest absolute Gasteiger partial charge is 0.205 e. The predicted molar refractivity (Wildman–Crippen MR) is 103 cm³/mol. The van der Waals surface area contributed by atoms with E-state index < -0.39 is 5.79 Å². The molecule has 0 aromatic heterocycles. The molecular formula is C21H26ClNO2. The van der Waals surface area contributed by atoms with E-state index in [1.807, 2.05) is 30.3 Å². The van der Waals surface area contributed by atoms with Gasteiger partial charge in [0.25, 0.3) is 0 Å². The molecule has 0 amide bonds. The molecule has 2 aromatic rings. The van der Waals surface area contributed by atoms with E-state index in [-0.39, 0.29) is 18.5 Å². The van der Waals surface area contributed by atoms with E-state index in [0.717, 1.165) is 17.5 Å². The molecular weight excluding hydrogens is 334 g/mol. The SMILES string of the molecule is CN1CC(O)(c2ccc(-c3ccccc3)cc2)OC2CCCCC21.Cl. The van der Waals surface area contributed by atoms with Gasteiger partial charge in [0.2, 0.25) is 5.79 Å². The van der Waals surface area contributed by atoms with Crippen LogP contribution in [-0.4, -0.2) is 35.7 Å². The monoisotopic (exact) mass is 359 g/mol. The van der Waals surface area contributed by atoms with Gasteiger partial charge in [0.15, 0.2) is 0 Å². The molecule has 134 valence electrons. The van der Waals surface area contributed by atoms with Crippen molar-refractivity contribution in [2.75, 3.05) is 13.6 Å². The molecule has 1 heterocycles. The molecule has 1 aliphatic heterocycles. The molecule has 2 fully saturated rings. The Bertz CT molecular complexity index is 691. The molecule has 3 unspecified atom stereocenters. The van der Waals surface area contributed by atoms with E-state index >= 15 is 0 Å². The molecule has 1 aliphatic carbocycles. The van der Waals surface area contributed by atoms with E-state index in [0.29, 0.717) is 12.6 Å². The molecule has 3 atom stereocenters. The number of ether oxygens (including phenoxy) is 1. The molecule has 4 rings (SSSR count). The first-order chi connectivity index (χ1) is 11.7. The molecule has 0 spiro atoms. The van der Waals surface area contributed by atoms with Gasteiger partial charge in [-0.05, 0) is 31.0 Å². The van der Waals surface area contributed by atoms with Crippen molar-refractivity contribution in [2.24, 2.45) is 0 Å². The minimum atomic E-state index is -1.21. The Morgan fingerprint density at radius 1 is 0.960 bits per heavy atom. The fourth-order valence-corrected chi connectivity index (χ4v) is 4.18.